The fraction of sp³-hybridized carbons (Fsp3) is 0.480. The molecule has 0 aliphatic carbocycles. The molecule has 31 heavy (non-hydrogen) atoms. The summed E-state index contributed by atoms with van der Waals surface area (Å²) < 4.78 is 27.7. The highest BCUT2D eigenvalue weighted by Crippen LogP contribution is 2.43. The monoisotopic (exact) mass is 430 g/mol. The van der Waals surface area contributed by atoms with Crippen molar-refractivity contribution in [2.45, 2.75) is 52.4 Å². The molecule has 0 bridgehead atoms. The van der Waals surface area contributed by atoms with Gasteiger partial charge in [-0.3, -0.25) is 0 Å². The van der Waals surface area contributed by atoms with Crippen molar-refractivity contribution in [2.24, 2.45) is 0 Å². The van der Waals surface area contributed by atoms with Gasteiger partial charge >= 0.3 is 5.97 Å². The van der Waals surface area contributed by atoms with Gasteiger partial charge in [-0.15, -0.1) is 0 Å². The number of benzene rings is 2. The average Bonchev–Trinajstić information content (AvgIpc) is 2.70. The summed E-state index contributed by atoms with van der Waals surface area (Å²) >= 11 is 0. The summed E-state index contributed by atoms with van der Waals surface area (Å²) in [5, 5.41) is 0. The van der Waals surface area contributed by atoms with E-state index in [9.17, 15) is 4.79 Å². The molecule has 0 atom stereocenters. The minimum absolute atomic E-state index is 0.278. The summed E-state index contributed by atoms with van der Waals surface area (Å²) in [5.74, 6) is 1.94. The van der Waals surface area contributed by atoms with Crippen LogP contribution in [-0.4, -0.2) is 34.4 Å². The number of carbonyl (C=O) groups excluding carboxylic acids is 1. The van der Waals surface area contributed by atoms with E-state index < -0.39 is 5.97 Å². The first kappa shape index (κ1) is 24.4. The van der Waals surface area contributed by atoms with Crippen LogP contribution in [0.2, 0.25) is 0 Å². The van der Waals surface area contributed by atoms with E-state index in [4.69, 9.17) is 23.7 Å². The summed E-state index contributed by atoms with van der Waals surface area (Å²) in [6.07, 6.45) is 0. The Bertz CT molecular complexity index is 887. The SMILES string of the molecule is COc1cc(C(C)(C)C)c(OC(=O)c2cc(OC)c(OC)c(OC)c2)c(C(C)(C)C)c1. The number of esters is 1. The van der Waals surface area contributed by atoms with Crippen molar-refractivity contribution in [1.29, 1.82) is 0 Å². The third-order valence-electron chi connectivity index (χ3n) is 5.01. The number of carbonyl (C=O) groups is 1. The van der Waals surface area contributed by atoms with Gasteiger partial charge in [0, 0.05) is 11.1 Å². The van der Waals surface area contributed by atoms with E-state index in [-0.39, 0.29) is 10.8 Å². The lowest BCUT2D eigenvalue weighted by Crippen LogP contribution is -2.22. The Balaban J connectivity index is 2.66. The molecule has 0 aromatic heterocycles. The fourth-order valence-electron chi connectivity index (χ4n) is 3.29. The third-order valence-corrected chi connectivity index (χ3v) is 5.01. The molecule has 2 aromatic carbocycles. The highest BCUT2D eigenvalue weighted by molar-refractivity contribution is 5.93. The lowest BCUT2D eigenvalue weighted by atomic mass is 9.79. The van der Waals surface area contributed by atoms with E-state index in [0.717, 1.165) is 16.9 Å². The largest absolute Gasteiger partial charge is 0.497 e. The molecule has 0 radical (unpaired) electrons. The molecule has 0 fully saturated rings. The molecule has 0 unspecified atom stereocenters. The number of ether oxygens (including phenoxy) is 5. The summed E-state index contributed by atoms with van der Waals surface area (Å²) in [4.78, 5) is 13.3. The van der Waals surface area contributed by atoms with E-state index in [0.29, 0.717) is 28.6 Å². The number of methoxy groups -OCH3 is 4. The zero-order chi connectivity index (χ0) is 23.6. The van der Waals surface area contributed by atoms with Gasteiger partial charge in [-0.25, -0.2) is 4.79 Å². The van der Waals surface area contributed by atoms with Gasteiger partial charge in [0.05, 0.1) is 34.0 Å². The smallest absolute Gasteiger partial charge is 0.343 e. The van der Waals surface area contributed by atoms with Gasteiger partial charge in [0.25, 0.3) is 0 Å². The van der Waals surface area contributed by atoms with Gasteiger partial charge in [0.15, 0.2) is 11.5 Å². The predicted octanol–water partition coefficient (Wildman–Crippen LogP) is 5.54. The third kappa shape index (κ3) is 5.24. The highest BCUT2D eigenvalue weighted by Gasteiger charge is 2.30. The zero-order valence-electron chi connectivity index (χ0n) is 20.3. The Morgan fingerprint density at radius 2 is 1.10 bits per heavy atom. The Kier molecular flexibility index (Phi) is 7.14. The molecule has 0 amide bonds. The Morgan fingerprint density at radius 1 is 0.645 bits per heavy atom. The summed E-state index contributed by atoms with van der Waals surface area (Å²) in [5.41, 5.74) is 1.51. The molecule has 170 valence electrons. The Labute approximate surface area is 185 Å². The maximum atomic E-state index is 13.3. The summed E-state index contributed by atoms with van der Waals surface area (Å²) in [6.45, 7) is 12.4. The fourth-order valence-corrected chi connectivity index (χ4v) is 3.29. The van der Waals surface area contributed by atoms with E-state index in [1.807, 2.05) is 12.1 Å². The standard InChI is InChI=1S/C25H34O6/c1-24(2,3)17-13-16(27-7)14-18(25(4,5)6)21(17)31-23(26)15-11-19(28-8)22(30-10)20(12-15)29-9/h11-14H,1-10H3. The average molecular weight is 431 g/mol. The lowest BCUT2D eigenvalue weighted by molar-refractivity contribution is 0.0727. The summed E-state index contributed by atoms with van der Waals surface area (Å²) in [7, 11) is 6.16. The molecule has 2 rings (SSSR count). The number of hydrogen-bond acceptors (Lipinski definition) is 6. The van der Waals surface area contributed by atoms with Crippen molar-refractivity contribution in [2.75, 3.05) is 28.4 Å². The first-order chi connectivity index (χ1) is 14.4. The van der Waals surface area contributed by atoms with Crippen LogP contribution in [0.4, 0.5) is 0 Å². The van der Waals surface area contributed by atoms with Crippen molar-refractivity contribution in [1.82, 2.24) is 0 Å². The zero-order valence-corrected chi connectivity index (χ0v) is 20.3. The Morgan fingerprint density at radius 3 is 1.42 bits per heavy atom. The van der Waals surface area contributed by atoms with Crippen LogP contribution < -0.4 is 23.7 Å². The molecule has 0 spiro atoms. The molecule has 6 heteroatoms. The number of hydrogen-bond donors (Lipinski definition) is 0. The highest BCUT2D eigenvalue weighted by atomic mass is 16.5. The van der Waals surface area contributed by atoms with Crippen molar-refractivity contribution in [3.63, 3.8) is 0 Å². The molecule has 0 aliphatic heterocycles. The minimum atomic E-state index is -0.514. The van der Waals surface area contributed by atoms with E-state index in [2.05, 4.69) is 41.5 Å². The van der Waals surface area contributed by atoms with Crippen LogP contribution in [0, 0.1) is 0 Å². The van der Waals surface area contributed by atoms with Gasteiger partial charge in [-0.1, -0.05) is 41.5 Å². The number of rotatable bonds is 6. The predicted molar refractivity (Wildman–Crippen MR) is 121 cm³/mol. The van der Waals surface area contributed by atoms with Crippen molar-refractivity contribution >= 4 is 5.97 Å². The quantitative estimate of drug-likeness (QED) is 0.443. The maximum absolute atomic E-state index is 13.3. The first-order valence-corrected chi connectivity index (χ1v) is 10.1. The first-order valence-electron chi connectivity index (χ1n) is 10.1. The van der Waals surface area contributed by atoms with Crippen LogP contribution in [0.25, 0.3) is 0 Å². The van der Waals surface area contributed by atoms with Gasteiger partial charge in [0.2, 0.25) is 5.75 Å². The second kappa shape index (κ2) is 9.08. The maximum Gasteiger partial charge on any atom is 0.343 e. The summed E-state index contributed by atoms with van der Waals surface area (Å²) in [6, 6.07) is 7.02. The van der Waals surface area contributed by atoms with Crippen molar-refractivity contribution in [3.05, 3.63) is 41.0 Å². The van der Waals surface area contributed by atoms with E-state index >= 15 is 0 Å². The van der Waals surface area contributed by atoms with Gasteiger partial charge in [0.1, 0.15) is 11.5 Å². The van der Waals surface area contributed by atoms with Crippen LogP contribution in [0.3, 0.4) is 0 Å². The topological polar surface area (TPSA) is 63.2 Å². The van der Waals surface area contributed by atoms with Crippen LogP contribution in [0.15, 0.2) is 24.3 Å². The van der Waals surface area contributed by atoms with Crippen LogP contribution in [0.1, 0.15) is 63.0 Å². The molecule has 2 aromatic rings. The molecule has 0 saturated carbocycles. The van der Waals surface area contributed by atoms with Crippen LogP contribution in [-0.2, 0) is 10.8 Å². The molecule has 0 heterocycles. The van der Waals surface area contributed by atoms with Gasteiger partial charge < -0.3 is 23.7 Å². The van der Waals surface area contributed by atoms with E-state index in [1.54, 1.807) is 19.2 Å². The molecule has 0 aliphatic rings. The minimum Gasteiger partial charge on any atom is -0.497 e. The van der Waals surface area contributed by atoms with Crippen LogP contribution in [0.5, 0.6) is 28.7 Å². The molecule has 0 N–H and O–H groups in total. The van der Waals surface area contributed by atoms with Gasteiger partial charge in [-0.2, -0.15) is 0 Å². The van der Waals surface area contributed by atoms with Crippen LogP contribution >= 0.6 is 0 Å². The second-order valence-electron chi connectivity index (χ2n) is 9.36. The molecular formula is C25H34O6. The molecule has 6 nitrogen and oxygen atoms in total. The Hall–Kier alpha value is -2.89. The van der Waals surface area contributed by atoms with Crippen molar-refractivity contribution < 1.29 is 28.5 Å². The normalized spacial score (nSPS) is 11.7. The van der Waals surface area contributed by atoms with Crippen molar-refractivity contribution in [3.8, 4) is 28.7 Å². The van der Waals surface area contributed by atoms with Gasteiger partial charge in [-0.05, 0) is 35.1 Å². The molecule has 0 saturated heterocycles. The lowest BCUT2D eigenvalue weighted by Gasteiger charge is -2.29. The second-order valence-corrected chi connectivity index (χ2v) is 9.36. The molecular weight excluding hydrogens is 396 g/mol. The van der Waals surface area contributed by atoms with E-state index in [1.165, 1.54) is 21.3 Å².